The Bertz CT molecular complexity index is 502. The minimum absolute atomic E-state index is 0.331. The highest BCUT2D eigenvalue weighted by molar-refractivity contribution is 7.17. The lowest BCUT2D eigenvalue weighted by Gasteiger charge is -2.06. The average molecular weight is 225 g/mol. The number of aliphatic carboxylic acids is 1. The molecular formula is C9H11N3O2S. The average Bonchev–Trinajstić information content (AvgIpc) is 2.69. The zero-order valence-electron chi connectivity index (χ0n) is 8.17. The maximum atomic E-state index is 10.7. The molecule has 80 valence electrons. The van der Waals surface area contributed by atoms with Gasteiger partial charge >= 0.3 is 5.97 Å². The summed E-state index contributed by atoms with van der Waals surface area (Å²) in [4.78, 5) is 16.7. The molecular weight excluding hydrogens is 214 g/mol. The van der Waals surface area contributed by atoms with E-state index in [0.29, 0.717) is 6.42 Å². The van der Waals surface area contributed by atoms with Crippen LogP contribution in [0.3, 0.4) is 0 Å². The lowest BCUT2D eigenvalue weighted by atomic mass is 10.1. The predicted molar refractivity (Wildman–Crippen MR) is 57.1 cm³/mol. The highest BCUT2D eigenvalue weighted by Gasteiger charge is 2.17. The molecule has 0 spiro atoms. The van der Waals surface area contributed by atoms with Crippen LogP contribution in [0.2, 0.25) is 0 Å². The maximum Gasteiger partial charge on any atom is 0.320 e. The number of nitrogens with two attached hydrogens (primary N) is 1. The van der Waals surface area contributed by atoms with E-state index in [-0.39, 0.29) is 0 Å². The molecule has 5 nitrogen and oxygen atoms in total. The van der Waals surface area contributed by atoms with Crippen molar-refractivity contribution in [2.45, 2.75) is 19.4 Å². The fourth-order valence-corrected chi connectivity index (χ4v) is 2.43. The summed E-state index contributed by atoms with van der Waals surface area (Å²) in [5.74, 6) is -0.978. The van der Waals surface area contributed by atoms with Gasteiger partial charge in [-0.15, -0.1) is 11.3 Å². The van der Waals surface area contributed by atoms with Gasteiger partial charge in [-0.3, -0.25) is 9.20 Å². The SMILES string of the molecule is Cc1sc2nccn2c1CC(N)C(=O)O. The molecule has 0 saturated heterocycles. The van der Waals surface area contributed by atoms with Gasteiger partial charge < -0.3 is 10.8 Å². The number of rotatable bonds is 3. The number of imidazole rings is 1. The normalized spacial score (nSPS) is 13.2. The Hall–Kier alpha value is -1.40. The molecule has 1 atom stereocenters. The number of fused-ring (bicyclic) bond motifs is 1. The Morgan fingerprint density at radius 1 is 1.80 bits per heavy atom. The van der Waals surface area contributed by atoms with E-state index >= 15 is 0 Å². The Balaban J connectivity index is 2.37. The van der Waals surface area contributed by atoms with Crippen LogP contribution in [0, 0.1) is 6.92 Å². The lowest BCUT2D eigenvalue weighted by Crippen LogP contribution is -2.32. The fourth-order valence-electron chi connectivity index (χ4n) is 1.47. The van der Waals surface area contributed by atoms with Crippen molar-refractivity contribution in [2.24, 2.45) is 5.73 Å². The first kappa shape index (κ1) is 10.1. The molecule has 2 heterocycles. The molecule has 0 bridgehead atoms. The van der Waals surface area contributed by atoms with Gasteiger partial charge in [-0.1, -0.05) is 0 Å². The van der Waals surface area contributed by atoms with Crippen LogP contribution in [-0.2, 0) is 11.2 Å². The van der Waals surface area contributed by atoms with Crippen LogP contribution >= 0.6 is 11.3 Å². The number of thiazole rings is 1. The Morgan fingerprint density at radius 3 is 3.20 bits per heavy atom. The molecule has 2 aromatic heterocycles. The van der Waals surface area contributed by atoms with Crippen LogP contribution in [-0.4, -0.2) is 26.5 Å². The zero-order valence-corrected chi connectivity index (χ0v) is 8.99. The number of hydrogen-bond acceptors (Lipinski definition) is 4. The Labute approximate surface area is 90.2 Å². The van der Waals surface area contributed by atoms with Gasteiger partial charge in [0.05, 0.1) is 0 Å². The molecule has 15 heavy (non-hydrogen) atoms. The van der Waals surface area contributed by atoms with Gasteiger partial charge in [0.25, 0.3) is 0 Å². The number of nitrogens with zero attached hydrogens (tertiary/aromatic N) is 2. The van der Waals surface area contributed by atoms with E-state index < -0.39 is 12.0 Å². The molecule has 6 heteroatoms. The van der Waals surface area contributed by atoms with Crippen LogP contribution < -0.4 is 5.73 Å². The van der Waals surface area contributed by atoms with Gasteiger partial charge in [0.15, 0.2) is 4.96 Å². The second-order valence-corrected chi connectivity index (χ2v) is 4.52. The van der Waals surface area contributed by atoms with E-state index in [9.17, 15) is 4.79 Å². The predicted octanol–water partition coefficient (Wildman–Crippen LogP) is 0.659. The number of aryl methyl sites for hydroxylation is 1. The second kappa shape index (κ2) is 3.63. The summed E-state index contributed by atoms with van der Waals surface area (Å²) in [6.07, 6.45) is 3.85. The van der Waals surface area contributed by atoms with Crippen molar-refractivity contribution in [1.82, 2.24) is 9.38 Å². The number of carbonyl (C=O) groups is 1. The Morgan fingerprint density at radius 2 is 2.53 bits per heavy atom. The smallest absolute Gasteiger partial charge is 0.320 e. The van der Waals surface area contributed by atoms with E-state index in [2.05, 4.69) is 4.98 Å². The van der Waals surface area contributed by atoms with Crippen LogP contribution in [0.4, 0.5) is 0 Å². The third-order valence-electron chi connectivity index (χ3n) is 2.28. The summed E-state index contributed by atoms with van der Waals surface area (Å²) in [6, 6.07) is -0.858. The molecule has 0 saturated carbocycles. The molecule has 0 amide bonds. The van der Waals surface area contributed by atoms with E-state index in [1.165, 1.54) is 0 Å². The van der Waals surface area contributed by atoms with Gasteiger partial charge in [-0.05, 0) is 6.92 Å². The first-order valence-corrected chi connectivity index (χ1v) is 5.31. The van der Waals surface area contributed by atoms with Gasteiger partial charge in [0.2, 0.25) is 0 Å². The molecule has 0 aliphatic carbocycles. The molecule has 0 radical (unpaired) electrons. The van der Waals surface area contributed by atoms with E-state index in [1.807, 2.05) is 17.5 Å². The molecule has 2 rings (SSSR count). The van der Waals surface area contributed by atoms with Crippen molar-refractivity contribution in [1.29, 1.82) is 0 Å². The fraction of sp³-hybridized carbons (Fsp3) is 0.333. The summed E-state index contributed by atoms with van der Waals surface area (Å²) >= 11 is 1.54. The highest BCUT2D eigenvalue weighted by atomic mass is 32.1. The van der Waals surface area contributed by atoms with Gasteiger partial charge in [-0.2, -0.15) is 0 Å². The third kappa shape index (κ3) is 1.73. The first-order valence-electron chi connectivity index (χ1n) is 4.49. The van der Waals surface area contributed by atoms with E-state index in [0.717, 1.165) is 15.5 Å². The molecule has 0 fully saturated rings. The van der Waals surface area contributed by atoms with Gasteiger partial charge in [-0.25, -0.2) is 4.98 Å². The molecule has 1 unspecified atom stereocenters. The summed E-state index contributed by atoms with van der Waals surface area (Å²) in [6.45, 7) is 1.95. The van der Waals surface area contributed by atoms with E-state index in [4.69, 9.17) is 10.8 Å². The Kier molecular flexibility index (Phi) is 2.45. The number of carboxylic acids is 1. The zero-order chi connectivity index (χ0) is 11.0. The van der Waals surface area contributed by atoms with Crippen LogP contribution in [0.1, 0.15) is 10.6 Å². The molecule has 0 aromatic carbocycles. The minimum Gasteiger partial charge on any atom is -0.480 e. The maximum absolute atomic E-state index is 10.7. The third-order valence-corrected chi connectivity index (χ3v) is 3.31. The van der Waals surface area contributed by atoms with Crippen LogP contribution in [0.25, 0.3) is 4.96 Å². The number of hydrogen-bond donors (Lipinski definition) is 2. The van der Waals surface area contributed by atoms with Crippen LogP contribution in [0.5, 0.6) is 0 Å². The van der Waals surface area contributed by atoms with Crippen molar-refractivity contribution in [3.63, 3.8) is 0 Å². The second-order valence-electron chi connectivity index (χ2n) is 3.33. The van der Waals surface area contributed by atoms with E-state index in [1.54, 1.807) is 17.5 Å². The quantitative estimate of drug-likeness (QED) is 0.804. The van der Waals surface area contributed by atoms with Crippen molar-refractivity contribution in [2.75, 3.05) is 0 Å². The van der Waals surface area contributed by atoms with Gasteiger partial charge in [0.1, 0.15) is 6.04 Å². The summed E-state index contributed by atoms with van der Waals surface area (Å²) in [7, 11) is 0. The van der Waals surface area contributed by atoms with Crippen molar-refractivity contribution in [3.8, 4) is 0 Å². The molecule has 0 aliphatic rings. The van der Waals surface area contributed by atoms with Crippen LogP contribution in [0.15, 0.2) is 12.4 Å². The molecule has 0 aliphatic heterocycles. The molecule has 3 N–H and O–H groups in total. The van der Waals surface area contributed by atoms with Gasteiger partial charge in [0, 0.05) is 29.4 Å². The summed E-state index contributed by atoms with van der Waals surface area (Å²) in [5.41, 5.74) is 6.44. The number of carboxylic acid groups (broad SMARTS) is 1. The van der Waals surface area contributed by atoms with Crippen molar-refractivity contribution in [3.05, 3.63) is 23.0 Å². The first-order chi connectivity index (χ1) is 7.09. The minimum atomic E-state index is -0.978. The highest BCUT2D eigenvalue weighted by Crippen LogP contribution is 2.22. The molecule has 2 aromatic rings. The monoisotopic (exact) mass is 225 g/mol. The number of aromatic nitrogens is 2. The van der Waals surface area contributed by atoms with Crippen molar-refractivity contribution >= 4 is 22.3 Å². The largest absolute Gasteiger partial charge is 0.480 e. The summed E-state index contributed by atoms with van der Waals surface area (Å²) in [5, 5.41) is 8.75. The topological polar surface area (TPSA) is 80.6 Å². The standard InChI is InChI=1S/C9H11N3O2S/c1-5-7(4-6(10)8(13)14)12-3-2-11-9(12)15-5/h2-3,6H,4,10H2,1H3,(H,13,14). The summed E-state index contributed by atoms with van der Waals surface area (Å²) < 4.78 is 1.89. The lowest BCUT2D eigenvalue weighted by molar-refractivity contribution is -0.138. The van der Waals surface area contributed by atoms with Crippen molar-refractivity contribution < 1.29 is 9.90 Å².